The fraction of sp³-hybridized carbons (Fsp3) is 0.750. The van der Waals surface area contributed by atoms with Crippen molar-refractivity contribution in [3.63, 3.8) is 0 Å². The van der Waals surface area contributed by atoms with Gasteiger partial charge in [-0.15, -0.1) is 0 Å². The molecule has 0 N–H and O–H groups in total. The number of rotatable bonds is 1. The number of amides is 1. The van der Waals surface area contributed by atoms with E-state index in [-0.39, 0.29) is 11.7 Å². The molecule has 0 spiro atoms. The third-order valence-electron chi connectivity index (χ3n) is 2.53. The summed E-state index contributed by atoms with van der Waals surface area (Å²) in [4.78, 5) is 13.3. The SMILES string of the molecule is CC(C)(C)OC(=O)N1CC(=CC2CC2)C1. The van der Waals surface area contributed by atoms with Crippen LogP contribution >= 0.6 is 0 Å². The molecule has 0 radical (unpaired) electrons. The maximum Gasteiger partial charge on any atom is 0.410 e. The lowest BCUT2D eigenvalue weighted by Crippen LogP contribution is -2.46. The third kappa shape index (κ3) is 2.98. The molecule has 1 aliphatic carbocycles. The van der Waals surface area contributed by atoms with Gasteiger partial charge in [-0.05, 0) is 45.1 Å². The predicted octanol–water partition coefficient (Wildman–Crippen LogP) is 2.57. The minimum atomic E-state index is -0.382. The first-order valence-electron chi connectivity index (χ1n) is 5.61. The Balaban J connectivity index is 1.76. The van der Waals surface area contributed by atoms with Crippen molar-refractivity contribution >= 4 is 6.09 Å². The van der Waals surface area contributed by atoms with Crippen LogP contribution in [0.1, 0.15) is 33.6 Å². The molecule has 1 amide bonds. The lowest BCUT2D eigenvalue weighted by Gasteiger charge is -2.35. The molecule has 3 nitrogen and oxygen atoms in total. The molecule has 1 saturated heterocycles. The van der Waals surface area contributed by atoms with E-state index in [9.17, 15) is 4.79 Å². The average molecular weight is 209 g/mol. The van der Waals surface area contributed by atoms with Crippen LogP contribution in [0.5, 0.6) is 0 Å². The molecular formula is C12H19NO2. The lowest BCUT2D eigenvalue weighted by atomic mass is 10.1. The molecule has 84 valence electrons. The smallest absolute Gasteiger partial charge is 0.410 e. The minimum Gasteiger partial charge on any atom is -0.444 e. The Labute approximate surface area is 91.1 Å². The largest absolute Gasteiger partial charge is 0.444 e. The van der Waals surface area contributed by atoms with Crippen molar-refractivity contribution < 1.29 is 9.53 Å². The number of carbonyl (C=O) groups excluding carboxylic acids is 1. The molecule has 0 bridgehead atoms. The van der Waals surface area contributed by atoms with E-state index < -0.39 is 0 Å². The second-order valence-corrected chi connectivity index (χ2v) is 5.50. The quantitative estimate of drug-likeness (QED) is 0.621. The lowest BCUT2D eigenvalue weighted by molar-refractivity contribution is 0.0213. The molecule has 2 aliphatic rings. The highest BCUT2D eigenvalue weighted by Crippen LogP contribution is 2.33. The van der Waals surface area contributed by atoms with Crippen molar-refractivity contribution in [2.45, 2.75) is 39.2 Å². The van der Waals surface area contributed by atoms with E-state index in [0.717, 1.165) is 19.0 Å². The number of likely N-dealkylation sites (tertiary alicyclic amines) is 1. The summed E-state index contributed by atoms with van der Waals surface area (Å²) in [7, 11) is 0. The van der Waals surface area contributed by atoms with E-state index in [1.807, 2.05) is 20.8 Å². The van der Waals surface area contributed by atoms with Crippen LogP contribution in [0.3, 0.4) is 0 Å². The molecule has 0 unspecified atom stereocenters. The number of hydrogen-bond donors (Lipinski definition) is 0. The van der Waals surface area contributed by atoms with Gasteiger partial charge in [-0.1, -0.05) is 6.08 Å². The highest BCUT2D eigenvalue weighted by atomic mass is 16.6. The first kappa shape index (κ1) is 10.5. The van der Waals surface area contributed by atoms with Gasteiger partial charge >= 0.3 is 6.09 Å². The highest BCUT2D eigenvalue weighted by molar-refractivity contribution is 5.70. The Morgan fingerprint density at radius 1 is 1.40 bits per heavy atom. The normalized spacial score (nSPS) is 21.0. The first-order chi connectivity index (χ1) is 6.94. The Bertz CT molecular complexity index is 289. The number of allylic oxidation sites excluding steroid dienone is 1. The van der Waals surface area contributed by atoms with Gasteiger partial charge in [0.15, 0.2) is 0 Å². The standard InChI is InChI=1S/C12H19NO2/c1-12(2,3)15-11(14)13-7-10(8-13)6-9-4-5-9/h6,9H,4-5,7-8H2,1-3H3. The van der Waals surface area contributed by atoms with Crippen molar-refractivity contribution in [3.05, 3.63) is 11.6 Å². The number of carbonyl (C=O) groups is 1. The van der Waals surface area contributed by atoms with Gasteiger partial charge in [0.05, 0.1) is 0 Å². The third-order valence-corrected chi connectivity index (χ3v) is 2.53. The molecular weight excluding hydrogens is 190 g/mol. The molecule has 0 aromatic heterocycles. The maximum absolute atomic E-state index is 11.6. The topological polar surface area (TPSA) is 29.5 Å². The summed E-state index contributed by atoms with van der Waals surface area (Å²) >= 11 is 0. The Hall–Kier alpha value is -0.990. The number of ether oxygens (including phenoxy) is 1. The van der Waals surface area contributed by atoms with Crippen molar-refractivity contribution in [3.8, 4) is 0 Å². The van der Waals surface area contributed by atoms with Gasteiger partial charge in [-0.3, -0.25) is 0 Å². The van der Waals surface area contributed by atoms with Gasteiger partial charge < -0.3 is 9.64 Å². The summed E-state index contributed by atoms with van der Waals surface area (Å²) in [5, 5.41) is 0. The van der Waals surface area contributed by atoms with Crippen LogP contribution in [-0.2, 0) is 4.74 Å². The van der Waals surface area contributed by atoms with Crippen LogP contribution in [0, 0.1) is 5.92 Å². The molecule has 1 saturated carbocycles. The molecule has 2 rings (SSSR count). The van der Waals surface area contributed by atoms with Crippen LogP contribution < -0.4 is 0 Å². The van der Waals surface area contributed by atoms with Crippen molar-refractivity contribution in [2.75, 3.05) is 13.1 Å². The fourth-order valence-electron chi connectivity index (χ4n) is 1.60. The molecule has 15 heavy (non-hydrogen) atoms. The zero-order valence-electron chi connectivity index (χ0n) is 9.75. The highest BCUT2D eigenvalue weighted by Gasteiger charge is 2.31. The monoisotopic (exact) mass is 209 g/mol. The molecule has 2 fully saturated rings. The summed E-state index contributed by atoms with van der Waals surface area (Å²) in [5.74, 6) is 0.806. The van der Waals surface area contributed by atoms with E-state index in [1.165, 1.54) is 18.4 Å². The predicted molar refractivity (Wildman–Crippen MR) is 58.6 cm³/mol. The van der Waals surface area contributed by atoms with Gasteiger partial charge in [-0.2, -0.15) is 0 Å². The van der Waals surface area contributed by atoms with Crippen LogP contribution in [0.25, 0.3) is 0 Å². The van der Waals surface area contributed by atoms with Crippen LogP contribution in [-0.4, -0.2) is 29.7 Å². The summed E-state index contributed by atoms with van der Waals surface area (Å²) in [5.41, 5.74) is 1.01. The van der Waals surface area contributed by atoms with Crippen molar-refractivity contribution in [2.24, 2.45) is 5.92 Å². The maximum atomic E-state index is 11.6. The summed E-state index contributed by atoms with van der Waals surface area (Å²) in [6.45, 7) is 7.22. The van der Waals surface area contributed by atoms with E-state index in [0.29, 0.717) is 0 Å². The van der Waals surface area contributed by atoms with Crippen molar-refractivity contribution in [1.29, 1.82) is 0 Å². The minimum absolute atomic E-state index is 0.185. The Morgan fingerprint density at radius 3 is 2.47 bits per heavy atom. The summed E-state index contributed by atoms with van der Waals surface area (Å²) in [6, 6.07) is 0. The van der Waals surface area contributed by atoms with Gasteiger partial charge in [0.2, 0.25) is 0 Å². The molecule has 3 heteroatoms. The first-order valence-corrected chi connectivity index (χ1v) is 5.61. The molecule has 0 aromatic carbocycles. The van der Waals surface area contributed by atoms with Gasteiger partial charge in [0.1, 0.15) is 5.60 Å². The van der Waals surface area contributed by atoms with Crippen LogP contribution in [0.2, 0.25) is 0 Å². The van der Waals surface area contributed by atoms with E-state index in [1.54, 1.807) is 4.90 Å². The molecule has 0 aromatic rings. The Morgan fingerprint density at radius 2 is 2.00 bits per heavy atom. The average Bonchev–Trinajstić information content (AvgIpc) is 2.74. The second-order valence-electron chi connectivity index (χ2n) is 5.50. The molecule has 1 heterocycles. The zero-order chi connectivity index (χ0) is 11.1. The second kappa shape index (κ2) is 3.54. The van der Waals surface area contributed by atoms with E-state index >= 15 is 0 Å². The van der Waals surface area contributed by atoms with Gasteiger partial charge in [0.25, 0.3) is 0 Å². The number of nitrogens with zero attached hydrogens (tertiary/aromatic N) is 1. The molecule has 1 aliphatic heterocycles. The Kier molecular flexibility index (Phi) is 2.49. The zero-order valence-corrected chi connectivity index (χ0v) is 9.75. The van der Waals surface area contributed by atoms with Crippen LogP contribution in [0.15, 0.2) is 11.6 Å². The van der Waals surface area contributed by atoms with E-state index in [4.69, 9.17) is 4.74 Å². The van der Waals surface area contributed by atoms with Gasteiger partial charge in [0, 0.05) is 13.1 Å². The summed E-state index contributed by atoms with van der Waals surface area (Å²) < 4.78 is 5.27. The van der Waals surface area contributed by atoms with Gasteiger partial charge in [-0.25, -0.2) is 4.79 Å². The number of hydrogen-bond acceptors (Lipinski definition) is 2. The van der Waals surface area contributed by atoms with E-state index in [2.05, 4.69) is 6.08 Å². The van der Waals surface area contributed by atoms with Crippen molar-refractivity contribution in [1.82, 2.24) is 4.90 Å². The summed E-state index contributed by atoms with van der Waals surface area (Å²) in [6.07, 6.45) is 4.79. The van der Waals surface area contributed by atoms with Crippen LogP contribution in [0.4, 0.5) is 4.79 Å². The fourth-order valence-corrected chi connectivity index (χ4v) is 1.60. The molecule has 0 atom stereocenters.